The molecule has 0 aromatic heterocycles. The molecule has 0 aliphatic carbocycles. The number of benzene rings is 3. The normalized spacial score (nSPS) is 10.8. The van der Waals surface area contributed by atoms with Crippen LogP contribution in [0.4, 0.5) is 11.4 Å². The highest BCUT2D eigenvalue weighted by atomic mass is 15.3. The van der Waals surface area contributed by atoms with Crippen molar-refractivity contribution in [2.24, 2.45) is 10.8 Å². The van der Waals surface area contributed by atoms with Crippen molar-refractivity contribution in [3.8, 4) is 11.1 Å². The Bertz CT molecular complexity index is 970. The Morgan fingerprint density at radius 1 is 0.867 bits per heavy atom. The molecule has 3 aromatic carbocycles. The van der Waals surface area contributed by atoms with Crippen molar-refractivity contribution < 1.29 is 0 Å². The summed E-state index contributed by atoms with van der Waals surface area (Å²) >= 11 is 0. The van der Waals surface area contributed by atoms with Gasteiger partial charge in [0.25, 0.3) is 0 Å². The first-order valence-corrected chi connectivity index (χ1v) is 10.0. The number of nitrogens with two attached hydrogens (primary N) is 1. The number of anilines is 2. The molecule has 3 rings (SSSR count). The third-order valence-electron chi connectivity index (χ3n) is 4.36. The molecule has 4 heteroatoms. The second-order valence-electron chi connectivity index (χ2n) is 7.86. The minimum absolute atomic E-state index is 0.110. The SMILES string of the molecule is C/C=N\Nc1ccccc1-c1ccccc1.C=C(N)Nc1ccccc1C(C)(C)C. The molecule has 4 N–H and O–H groups in total. The minimum atomic E-state index is 0.110. The summed E-state index contributed by atoms with van der Waals surface area (Å²) in [6, 6.07) is 26.6. The summed E-state index contributed by atoms with van der Waals surface area (Å²) in [5.41, 5.74) is 14.3. The summed E-state index contributed by atoms with van der Waals surface area (Å²) in [6.45, 7) is 12.0. The highest BCUT2D eigenvalue weighted by molar-refractivity contribution is 5.78. The summed E-state index contributed by atoms with van der Waals surface area (Å²) in [6.07, 6.45) is 1.74. The molecule has 156 valence electrons. The number of para-hydroxylation sites is 2. The lowest BCUT2D eigenvalue weighted by Gasteiger charge is -2.23. The molecule has 0 saturated carbocycles. The van der Waals surface area contributed by atoms with E-state index in [-0.39, 0.29) is 5.41 Å². The number of nitrogens with zero attached hydrogens (tertiary/aromatic N) is 1. The van der Waals surface area contributed by atoms with Gasteiger partial charge in [-0.15, -0.1) is 0 Å². The average Bonchev–Trinajstić information content (AvgIpc) is 2.73. The first-order chi connectivity index (χ1) is 14.3. The molecule has 3 aromatic rings. The number of hydrogen-bond donors (Lipinski definition) is 3. The van der Waals surface area contributed by atoms with E-state index < -0.39 is 0 Å². The summed E-state index contributed by atoms with van der Waals surface area (Å²) < 4.78 is 0. The fraction of sp³-hybridized carbons (Fsp3) is 0.192. The molecule has 0 radical (unpaired) electrons. The van der Waals surface area contributed by atoms with Gasteiger partial charge in [0.05, 0.1) is 11.5 Å². The van der Waals surface area contributed by atoms with Gasteiger partial charge >= 0.3 is 0 Å². The fourth-order valence-corrected chi connectivity index (χ4v) is 3.00. The second kappa shape index (κ2) is 10.9. The van der Waals surface area contributed by atoms with E-state index in [1.165, 1.54) is 11.1 Å². The first-order valence-electron chi connectivity index (χ1n) is 10.0. The molecule has 0 spiro atoms. The van der Waals surface area contributed by atoms with Crippen LogP contribution in [-0.4, -0.2) is 6.21 Å². The number of rotatable bonds is 5. The van der Waals surface area contributed by atoms with Crippen molar-refractivity contribution in [3.63, 3.8) is 0 Å². The Labute approximate surface area is 180 Å². The maximum atomic E-state index is 5.53. The lowest BCUT2D eigenvalue weighted by molar-refractivity contribution is 0.592. The van der Waals surface area contributed by atoms with Crippen LogP contribution in [0, 0.1) is 0 Å². The van der Waals surface area contributed by atoms with Crippen LogP contribution in [-0.2, 0) is 5.41 Å². The predicted molar refractivity (Wildman–Crippen MR) is 132 cm³/mol. The molecule has 0 aliphatic rings. The number of nitrogens with one attached hydrogen (secondary N) is 2. The molecule has 4 nitrogen and oxygen atoms in total. The molecule has 0 amide bonds. The van der Waals surface area contributed by atoms with Gasteiger partial charge in [-0.1, -0.05) is 94.1 Å². The lowest BCUT2D eigenvalue weighted by Crippen LogP contribution is -2.16. The van der Waals surface area contributed by atoms with Crippen molar-refractivity contribution >= 4 is 17.6 Å². The van der Waals surface area contributed by atoms with Crippen LogP contribution in [0.1, 0.15) is 33.3 Å². The molecule has 0 aliphatic heterocycles. The molecule has 0 heterocycles. The van der Waals surface area contributed by atoms with E-state index in [1.807, 2.05) is 61.5 Å². The smallest absolute Gasteiger partial charge is 0.0930 e. The quantitative estimate of drug-likeness (QED) is 0.334. The van der Waals surface area contributed by atoms with Crippen LogP contribution < -0.4 is 16.5 Å². The first kappa shape index (κ1) is 22.8. The van der Waals surface area contributed by atoms with E-state index >= 15 is 0 Å². The van der Waals surface area contributed by atoms with Crippen LogP contribution in [0.25, 0.3) is 11.1 Å². The maximum Gasteiger partial charge on any atom is 0.0930 e. The number of hydrazone groups is 1. The summed E-state index contributed by atoms with van der Waals surface area (Å²) in [4.78, 5) is 0. The molecule has 0 bridgehead atoms. The van der Waals surface area contributed by atoms with Gasteiger partial charge < -0.3 is 11.1 Å². The summed E-state index contributed by atoms with van der Waals surface area (Å²) in [5, 5.41) is 7.12. The van der Waals surface area contributed by atoms with Gasteiger partial charge in [-0.3, -0.25) is 5.43 Å². The van der Waals surface area contributed by atoms with E-state index in [4.69, 9.17) is 5.73 Å². The van der Waals surface area contributed by atoms with Crippen LogP contribution in [0.2, 0.25) is 0 Å². The van der Waals surface area contributed by atoms with Gasteiger partial charge in [0.15, 0.2) is 0 Å². The monoisotopic (exact) mass is 400 g/mol. The fourth-order valence-electron chi connectivity index (χ4n) is 3.00. The lowest BCUT2D eigenvalue weighted by atomic mass is 9.86. The molecule has 0 atom stereocenters. The Balaban J connectivity index is 0.000000216. The van der Waals surface area contributed by atoms with Crippen molar-refractivity contribution in [1.82, 2.24) is 0 Å². The zero-order valence-electron chi connectivity index (χ0n) is 18.3. The molecule has 0 saturated heterocycles. The van der Waals surface area contributed by atoms with Gasteiger partial charge in [-0.2, -0.15) is 5.10 Å². The maximum absolute atomic E-state index is 5.53. The molecular weight excluding hydrogens is 368 g/mol. The van der Waals surface area contributed by atoms with E-state index in [1.54, 1.807) is 6.21 Å². The van der Waals surface area contributed by atoms with Crippen LogP contribution in [0.3, 0.4) is 0 Å². The molecule has 0 fully saturated rings. The van der Waals surface area contributed by atoms with Crippen LogP contribution in [0.15, 0.2) is 96.4 Å². The van der Waals surface area contributed by atoms with Gasteiger partial charge in [0.2, 0.25) is 0 Å². The van der Waals surface area contributed by atoms with Gasteiger partial charge in [0.1, 0.15) is 0 Å². The standard InChI is InChI=1S/C14H14N2.C12H18N2/c1-2-15-16-14-11-7-6-10-13(14)12-8-4-3-5-9-12;1-9(13)14-11-8-6-5-7-10(11)12(2,3)4/h2-11,16H,1H3;5-8,14H,1,13H2,2-4H3/b15-2-;. The third-order valence-corrected chi connectivity index (χ3v) is 4.36. The predicted octanol–water partition coefficient (Wildman–Crippen LogP) is 6.60. The highest BCUT2D eigenvalue weighted by Crippen LogP contribution is 2.29. The Hall–Kier alpha value is -3.53. The van der Waals surface area contributed by atoms with E-state index in [0.29, 0.717) is 5.82 Å². The minimum Gasteiger partial charge on any atom is -0.386 e. The summed E-state index contributed by atoms with van der Waals surface area (Å²) in [5.74, 6) is 0.474. The third kappa shape index (κ3) is 6.82. The molecular formula is C26H32N4. The molecule has 0 unspecified atom stereocenters. The highest BCUT2D eigenvalue weighted by Gasteiger charge is 2.17. The van der Waals surface area contributed by atoms with Crippen LogP contribution >= 0.6 is 0 Å². The van der Waals surface area contributed by atoms with E-state index in [2.05, 4.69) is 67.5 Å². The zero-order chi connectivity index (χ0) is 22.0. The van der Waals surface area contributed by atoms with Crippen LogP contribution in [0.5, 0.6) is 0 Å². The van der Waals surface area contributed by atoms with Gasteiger partial charge in [0, 0.05) is 17.5 Å². The van der Waals surface area contributed by atoms with E-state index in [0.717, 1.165) is 16.9 Å². The Morgan fingerprint density at radius 2 is 1.43 bits per heavy atom. The summed E-state index contributed by atoms with van der Waals surface area (Å²) in [7, 11) is 0. The van der Waals surface area contributed by atoms with Crippen molar-refractivity contribution in [2.75, 3.05) is 10.7 Å². The van der Waals surface area contributed by atoms with Crippen molar-refractivity contribution in [2.45, 2.75) is 33.1 Å². The molecule has 30 heavy (non-hydrogen) atoms. The number of hydrogen-bond acceptors (Lipinski definition) is 4. The zero-order valence-corrected chi connectivity index (χ0v) is 18.3. The van der Waals surface area contributed by atoms with Crippen molar-refractivity contribution in [3.05, 3.63) is 96.8 Å². The van der Waals surface area contributed by atoms with Gasteiger partial charge in [-0.05, 0) is 35.6 Å². The topological polar surface area (TPSA) is 62.4 Å². The largest absolute Gasteiger partial charge is 0.386 e. The second-order valence-corrected chi connectivity index (χ2v) is 7.86. The Morgan fingerprint density at radius 3 is 2.03 bits per heavy atom. The average molecular weight is 401 g/mol. The van der Waals surface area contributed by atoms with E-state index in [9.17, 15) is 0 Å². The van der Waals surface area contributed by atoms with Crippen molar-refractivity contribution in [1.29, 1.82) is 0 Å². The Kier molecular flexibility index (Phi) is 8.24. The van der Waals surface area contributed by atoms with Gasteiger partial charge in [-0.25, -0.2) is 0 Å².